The molecule has 1 aliphatic rings. The van der Waals surface area contributed by atoms with E-state index in [-0.39, 0.29) is 5.91 Å². The summed E-state index contributed by atoms with van der Waals surface area (Å²) in [6.07, 6.45) is 7.97. The van der Waals surface area contributed by atoms with Crippen molar-refractivity contribution in [1.29, 1.82) is 0 Å². The molecule has 0 unspecified atom stereocenters. The molecule has 0 atom stereocenters. The van der Waals surface area contributed by atoms with Crippen LogP contribution in [0.2, 0.25) is 0 Å². The number of methoxy groups -OCH3 is 2. The van der Waals surface area contributed by atoms with E-state index in [0.717, 1.165) is 5.69 Å². The number of pyridine rings is 1. The molecule has 1 aromatic heterocycles. The minimum absolute atomic E-state index is 0.291. The van der Waals surface area contributed by atoms with Crippen LogP contribution >= 0.6 is 0 Å². The van der Waals surface area contributed by atoms with Crippen LogP contribution in [0.1, 0.15) is 42.6 Å². The Morgan fingerprint density at radius 3 is 2.54 bits per heavy atom. The number of nitrogens with one attached hydrogen (secondary N) is 2. The maximum Gasteiger partial charge on any atom is 0.274 e. The van der Waals surface area contributed by atoms with Crippen LogP contribution in [0.25, 0.3) is 0 Å². The van der Waals surface area contributed by atoms with E-state index in [1.165, 1.54) is 32.1 Å². The number of aromatic nitrogens is 1. The lowest BCUT2D eigenvalue weighted by Crippen LogP contribution is -2.22. The Morgan fingerprint density at radius 2 is 1.88 bits per heavy atom. The predicted molar refractivity (Wildman–Crippen MR) is 102 cm³/mol. The van der Waals surface area contributed by atoms with Crippen molar-refractivity contribution in [2.24, 2.45) is 0 Å². The molecule has 1 aliphatic carbocycles. The Kier molecular flexibility index (Phi) is 5.94. The summed E-state index contributed by atoms with van der Waals surface area (Å²) < 4.78 is 10.5. The fraction of sp³-hybridized carbons (Fsp3) is 0.400. The highest BCUT2D eigenvalue weighted by Crippen LogP contribution is 2.29. The third-order valence-corrected chi connectivity index (χ3v) is 4.63. The lowest BCUT2D eigenvalue weighted by atomic mass is 9.95. The van der Waals surface area contributed by atoms with Crippen LogP contribution in [0.3, 0.4) is 0 Å². The molecule has 0 bridgehead atoms. The third-order valence-electron chi connectivity index (χ3n) is 4.63. The Morgan fingerprint density at radius 1 is 1.08 bits per heavy atom. The molecule has 138 valence electrons. The molecule has 6 heteroatoms. The van der Waals surface area contributed by atoms with E-state index in [1.807, 2.05) is 6.07 Å². The van der Waals surface area contributed by atoms with Crippen molar-refractivity contribution < 1.29 is 14.3 Å². The van der Waals surface area contributed by atoms with E-state index in [4.69, 9.17) is 9.47 Å². The molecule has 2 N–H and O–H groups in total. The summed E-state index contributed by atoms with van der Waals surface area (Å²) in [4.78, 5) is 16.8. The van der Waals surface area contributed by atoms with Crippen molar-refractivity contribution in [3.05, 3.63) is 42.2 Å². The van der Waals surface area contributed by atoms with Gasteiger partial charge in [0.15, 0.2) is 0 Å². The van der Waals surface area contributed by atoms with Crippen LogP contribution in [0.4, 0.5) is 11.4 Å². The fourth-order valence-corrected chi connectivity index (χ4v) is 3.19. The summed E-state index contributed by atoms with van der Waals surface area (Å²) >= 11 is 0. The molecule has 1 fully saturated rings. The second-order valence-corrected chi connectivity index (χ2v) is 6.43. The van der Waals surface area contributed by atoms with Gasteiger partial charge < -0.3 is 20.1 Å². The van der Waals surface area contributed by atoms with Crippen LogP contribution in [0.15, 0.2) is 36.5 Å². The summed E-state index contributed by atoms with van der Waals surface area (Å²) in [5, 5.41) is 6.33. The zero-order valence-electron chi connectivity index (χ0n) is 15.2. The first-order chi connectivity index (χ1) is 12.7. The van der Waals surface area contributed by atoms with Crippen molar-refractivity contribution in [1.82, 2.24) is 4.98 Å². The zero-order valence-corrected chi connectivity index (χ0v) is 15.2. The van der Waals surface area contributed by atoms with Crippen molar-refractivity contribution in [3.8, 4) is 11.5 Å². The van der Waals surface area contributed by atoms with Crippen molar-refractivity contribution in [2.75, 3.05) is 24.9 Å². The molecule has 0 saturated heterocycles. The van der Waals surface area contributed by atoms with E-state index in [0.29, 0.717) is 28.9 Å². The first-order valence-electron chi connectivity index (χ1n) is 8.95. The molecule has 2 aromatic rings. The number of rotatable bonds is 6. The van der Waals surface area contributed by atoms with E-state index in [9.17, 15) is 4.79 Å². The number of ether oxygens (including phenoxy) is 2. The highest BCUT2D eigenvalue weighted by Gasteiger charge is 2.15. The Bertz CT molecular complexity index is 740. The van der Waals surface area contributed by atoms with Crippen molar-refractivity contribution in [3.63, 3.8) is 0 Å². The average molecular weight is 355 g/mol. The van der Waals surface area contributed by atoms with Crippen LogP contribution in [-0.2, 0) is 0 Å². The quantitative estimate of drug-likeness (QED) is 0.816. The third kappa shape index (κ3) is 4.45. The Hall–Kier alpha value is -2.76. The van der Waals surface area contributed by atoms with Crippen molar-refractivity contribution >= 4 is 17.3 Å². The number of nitrogens with zero attached hydrogens (tertiary/aromatic N) is 1. The van der Waals surface area contributed by atoms with Crippen molar-refractivity contribution in [2.45, 2.75) is 38.1 Å². The van der Waals surface area contributed by atoms with Gasteiger partial charge >= 0.3 is 0 Å². The summed E-state index contributed by atoms with van der Waals surface area (Å²) in [5.74, 6) is 0.914. The predicted octanol–water partition coefficient (Wildman–Crippen LogP) is 4.10. The van der Waals surface area contributed by atoms with E-state index < -0.39 is 0 Å². The van der Waals surface area contributed by atoms with Crippen LogP contribution in [-0.4, -0.2) is 31.2 Å². The standard InChI is InChI=1S/C20H25N3O3/c1-25-16-9-11-19(26-2)18(12-16)23-20(24)17-10-8-15(13-21-17)22-14-6-4-3-5-7-14/h8-14,22H,3-7H2,1-2H3,(H,23,24). The molecule has 1 heterocycles. The van der Waals surface area contributed by atoms with Gasteiger partial charge in [-0.1, -0.05) is 19.3 Å². The van der Waals surface area contributed by atoms with Gasteiger partial charge in [-0.25, -0.2) is 4.98 Å². The van der Waals surface area contributed by atoms with Gasteiger partial charge in [0.1, 0.15) is 17.2 Å². The number of amides is 1. The van der Waals surface area contributed by atoms with E-state index in [2.05, 4.69) is 15.6 Å². The van der Waals surface area contributed by atoms with E-state index >= 15 is 0 Å². The lowest BCUT2D eigenvalue weighted by molar-refractivity contribution is 0.102. The monoisotopic (exact) mass is 355 g/mol. The average Bonchev–Trinajstić information content (AvgIpc) is 2.69. The second-order valence-electron chi connectivity index (χ2n) is 6.43. The SMILES string of the molecule is COc1ccc(OC)c(NC(=O)c2ccc(NC3CCCCC3)cn2)c1. The largest absolute Gasteiger partial charge is 0.497 e. The molecule has 0 radical (unpaired) electrons. The van der Waals surface area contributed by atoms with Crippen LogP contribution in [0.5, 0.6) is 11.5 Å². The van der Waals surface area contributed by atoms with Gasteiger partial charge in [-0.15, -0.1) is 0 Å². The fourth-order valence-electron chi connectivity index (χ4n) is 3.19. The maximum atomic E-state index is 12.5. The Labute approximate surface area is 153 Å². The molecular weight excluding hydrogens is 330 g/mol. The van der Waals surface area contributed by atoms with Gasteiger partial charge in [0.25, 0.3) is 5.91 Å². The molecule has 1 aromatic carbocycles. The summed E-state index contributed by atoms with van der Waals surface area (Å²) in [5.41, 5.74) is 1.85. The smallest absolute Gasteiger partial charge is 0.274 e. The first-order valence-corrected chi connectivity index (χ1v) is 8.95. The molecule has 0 spiro atoms. The summed E-state index contributed by atoms with van der Waals surface area (Å²) in [6.45, 7) is 0. The lowest BCUT2D eigenvalue weighted by Gasteiger charge is -2.23. The van der Waals surface area contributed by atoms with Gasteiger partial charge in [-0.05, 0) is 37.1 Å². The molecule has 3 rings (SSSR count). The topological polar surface area (TPSA) is 72.5 Å². The highest BCUT2D eigenvalue weighted by atomic mass is 16.5. The van der Waals surface area contributed by atoms with Crippen LogP contribution in [0, 0.1) is 0 Å². The number of anilines is 2. The van der Waals surface area contributed by atoms with Crippen LogP contribution < -0.4 is 20.1 Å². The normalized spacial score (nSPS) is 14.5. The number of carbonyl (C=O) groups is 1. The number of carbonyl (C=O) groups excluding carboxylic acids is 1. The first kappa shape index (κ1) is 18.0. The van der Waals surface area contributed by atoms with Gasteiger partial charge in [0.2, 0.25) is 0 Å². The minimum atomic E-state index is -0.291. The van der Waals surface area contributed by atoms with Gasteiger partial charge in [-0.2, -0.15) is 0 Å². The number of hydrogen-bond acceptors (Lipinski definition) is 5. The minimum Gasteiger partial charge on any atom is -0.497 e. The highest BCUT2D eigenvalue weighted by molar-refractivity contribution is 6.03. The molecule has 6 nitrogen and oxygen atoms in total. The Balaban J connectivity index is 1.66. The molecule has 1 amide bonds. The van der Waals surface area contributed by atoms with Gasteiger partial charge in [0.05, 0.1) is 31.8 Å². The molecule has 0 aliphatic heterocycles. The zero-order chi connectivity index (χ0) is 18.4. The molecule has 1 saturated carbocycles. The maximum absolute atomic E-state index is 12.5. The number of benzene rings is 1. The van der Waals surface area contributed by atoms with Gasteiger partial charge in [-0.3, -0.25) is 4.79 Å². The summed E-state index contributed by atoms with van der Waals surface area (Å²) in [6, 6.07) is 9.38. The van der Waals surface area contributed by atoms with Gasteiger partial charge in [0, 0.05) is 12.1 Å². The molecule has 26 heavy (non-hydrogen) atoms. The number of hydrogen-bond donors (Lipinski definition) is 2. The summed E-state index contributed by atoms with van der Waals surface area (Å²) in [7, 11) is 3.13. The second kappa shape index (κ2) is 8.56. The van der Waals surface area contributed by atoms with E-state index in [1.54, 1.807) is 44.7 Å². The molecular formula is C20H25N3O3.